The maximum absolute atomic E-state index is 13.1. The van der Waals surface area contributed by atoms with Crippen molar-refractivity contribution < 1.29 is 9.59 Å². The number of rotatable bonds is 8. The van der Waals surface area contributed by atoms with Crippen LogP contribution in [0.4, 0.5) is 0 Å². The number of carbonyl (C=O) groups is 2. The molecule has 7 heteroatoms. The third-order valence-corrected chi connectivity index (χ3v) is 6.11. The summed E-state index contributed by atoms with van der Waals surface area (Å²) in [5.74, 6) is 0.541. The summed E-state index contributed by atoms with van der Waals surface area (Å²) in [4.78, 5) is 27.4. The van der Waals surface area contributed by atoms with Crippen LogP contribution in [0.3, 0.4) is 0 Å². The number of carbonyl (C=O) groups excluding carboxylic acids is 2. The third kappa shape index (κ3) is 7.53. The van der Waals surface area contributed by atoms with Gasteiger partial charge in [0.25, 0.3) is 0 Å². The molecule has 162 valence electrons. The van der Waals surface area contributed by atoms with E-state index in [9.17, 15) is 9.59 Å². The Morgan fingerprint density at radius 2 is 1.53 bits per heavy atom. The molecule has 0 saturated heterocycles. The molecular formula is C23H28Cl2N2O2S. The summed E-state index contributed by atoms with van der Waals surface area (Å²) in [5, 5.41) is 4.21. The van der Waals surface area contributed by atoms with E-state index in [-0.39, 0.29) is 29.7 Å². The number of benzene rings is 2. The molecular weight excluding hydrogens is 439 g/mol. The van der Waals surface area contributed by atoms with E-state index in [1.54, 1.807) is 17.9 Å². The van der Waals surface area contributed by atoms with Crippen molar-refractivity contribution >= 4 is 46.8 Å². The van der Waals surface area contributed by atoms with Crippen LogP contribution in [0, 0.1) is 0 Å². The molecule has 1 N–H and O–H groups in total. The van der Waals surface area contributed by atoms with Crippen LogP contribution in [0.15, 0.2) is 48.5 Å². The topological polar surface area (TPSA) is 49.4 Å². The number of nitrogens with one attached hydrogen (secondary N) is 1. The van der Waals surface area contributed by atoms with Crippen LogP contribution in [0.2, 0.25) is 10.0 Å². The first-order valence-corrected chi connectivity index (χ1v) is 11.7. The van der Waals surface area contributed by atoms with Gasteiger partial charge in [-0.3, -0.25) is 9.59 Å². The molecule has 0 fully saturated rings. The van der Waals surface area contributed by atoms with Crippen LogP contribution in [0.25, 0.3) is 0 Å². The van der Waals surface area contributed by atoms with E-state index in [1.807, 2.05) is 63.2 Å². The first kappa shape index (κ1) is 24.6. The van der Waals surface area contributed by atoms with Crippen molar-refractivity contribution in [2.45, 2.75) is 51.6 Å². The maximum atomic E-state index is 13.1. The molecule has 0 radical (unpaired) electrons. The monoisotopic (exact) mass is 466 g/mol. The highest BCUT2D eigenvalue weighted by molar-refractivity contribution is 7.99. The largest absolute Gasteiger partial charge is 0.350 e. The summed E-state index contributed by atoms with van der Waals surface area (Å²) in [6, 6.07) is 14.3. The number of halogens is 2. The van der Waals surface area contributed by atoms with Crippen LogP contribution >= 0.6 is 35.0 Å². The summed E-state index contributed by atoms with van der Waals surface area (Å²) in [5.41, 5.74) is 1.40. The minimum atomic E-state index is -0.631. The second kappa shape index (κ2) is 11.1. The smallest absolute Gasteiger partial charge is 0.242 e. The van der Waals surface area contributed by atoms with Crippen molar-refractivity contribution in [2.24, 2.45) is 0 Å². The van der Waals surface area contributed by atoms with E-state index < -0.39 is 6.04 Å². The molecule has 0 aliphatic rings. The Balaban J connectivity index is 2.13. The molecule has 0 bridgehead atoms. The molecule has 4 nitrogen and oxygen atoms in total. The molecule has 0 spiro atoms. The van der Waals surface area contributed by atoms with Crippen molar-refractivity contribution in [2.75, 3.05) is 5.75 Å². The Kier molecular flexibility index (Phi) is 9.08. The Morgan fingerprint density at radius 3 is 2.07 bits per heavy atom. The number of hydrogen-bond donors (Lipinski definition) is 1. The van der Waals surface area contributed by atoms with Crippen molar-refractivity contribution in [1.82, 2.24) is 10.2 Å². The fourth-order valence-electron chi connectivity index (χ4n) is 2.81. The van der Waals surface area contributed by atoms with E-state index in [0.717, 1.165) is 11.1 Å². The maximum Gasteiger partial charge on any atom is 0.242 e. The van der Waals surface area contributed by atoms with Gasteiger partial charge in [0.1, 0.15) is 6.04 Å². The van der Waals surface area contributed by atoms with Gasteiger partial charge >= 0.3 is 0 Å². The molecule has 0 heterocycles. The SMILES string of the molecule is C[C@H](C(=O)NC(C)(C)C)N(Cc1ccccc1Cl)C(=O)CSCc1ccccc1Cl. The molecule has 2 rings (SSSR count). The van der Waals surface area contributed by atoms with E-state index in [0.29, 0.717) is 15.8 Å². The zero-order valence-electron chi connectivity index (χ0n) is 17.7. The van der Waals surface area contributed by atoms with E-state index >= 15 is 0 Å². The summed E-state index contributed by atoms with van der Waals surface area (Å²) >= 11 is 14.0. The predicted octanol–water partition coefficient (Wildman–Crippen LogP) is 5.56. The molecule has 0 aliphatic heterocycles. The van der Waals surface area contributed by atoms with Gasteiger partial charge in [-0.1, -0.05) is 59.6 Å². The molecule has 30 heavy (non-hydrogen) atoms. The number of thioether (sulfide) groups is 1. The molecule has 2 aromatic rings. The van der Waals surface area contributed by atoms with Gasteiger partial charge < -0.3 is 10.2 Å². The van der Waals surface area contributed by atoms with Gasteiger partial charge in [0.05, 0.1) is 5.75 Å². The Morgan fingerprint density at radius 1 is 1.00 bits per heavy atom. The highest BCUT2D eigenvalue weighted by Crippen LogP contribution is 2.23. The van der Waals surface area contributed by atoms with Gasteiger partial charge in [-0.15, -0.1) is 11.8 Å². The van der Waals surface area contributed by atoms with Crippen LogP contribution in [-0.4, -0.2) is 34.0 Å². The quantitative estimate of drug-likeness (QED) is 0.553. The first-order chi connectivity index (χ1) is 14.1. The molecule has 0 aromatic heterocycles. The third-order valence-electron chi connectivity index (χ3n) is 4.40. The molecule has 2 amide bonds. The normalized spacial score (nSPS) is 12.3. The lowest BCUT2D eigenvalue weighted by molar-refractivity contribution is -0.139. The summed E-state index contributed by atoms with van der Waals surface area (Å²) < 4.78 is 0. The van der Waals surface area contributed by atoms with E-state index in [1.165, 1.54) is 11.8 Å². The van der Waals surface area contributed by atoms with Crippen LogP contribution in [-0.2, 0) is 21.9 Å². The number of hydrogen-bond acceptors (Lipinski definition) is 3. The predicted molar refractivity (Wildman–Crippen MR) is 127 cm³/mol. The average molecular weight is 467 g/mol. The van der Waals surface area contributed by atoms with Crippen LogP contribution < -0.4 is 5.32 Å². The van der Waals surface area contributed by atoms with Crippen molar-refractivity contribution in [1.29, 1.82) is 0 Å². The van der Waals surface area contributed by atoms with Gasteiger partial charge in [0, 0.05) is 27.9 Å². The lowest BCUT2D eigenvalue weighted by Gasteiger charge is -2.31. The molecule has 0 aliphatic carbocycles. The lowest BCUT2D eigenvalue weighted by atomic mass is 10.1. The summed E-state index contributed by atoms with van der Waals surface area (Å²) in [6.45, 7) is 7.75. The number of amides is 2. The van der Waals surface area contributed by atoms with Crippen molar-refractivity contribution in [3.05, 3.63) is 69.7 Å². The highest BCUT2D eigenvalue weighted by atomic mass is 35.5. The average Bonchev–Trinajstić information content (AvgIpc) is 2.67. The van der Waals surface area contributed by atoms with Gasteiger partial charge in [0.15, 0.2) is 0 Å². The highest BCUT2D eigenvalue weighted by Gasteiger charge is 2.28. The van der Waals surface area contributed by atoms with Gasteiger partial charge in [-0.2, -0.15) is 0 Å². The summed E-state index contributed by atoms with van der Waals surface area (Å²) in [6.07, 6.45) is 0. The fraction of sp³-hybridized carbons (Fsp3) is 0.391. The minimum Gasteiger partial charge on any atom is -0.350 e. The molecule has 0 unspecified atom stereocenters. The molecule has 2 aromatic carbocycles. The Hall–Kier alpha value is -1.69. The fourth-order valence-corrected chi connectivity index (χ4v) is 4.20. The summed E-state index contributed by atoms with van der Waals surface area (Å²) in [7, 11) is 0. The van der Waals surface area contributed by atoms with Gasteiger partial charge in [-0.05, 0) is 51.0 Å². The Bertz CT molecular complexity index is 884. The standard InChI is InChI=1S/C23H28Cl2N2O2S/c1-16(22(29)26-23(2,3)4)27(13-17-9-5-7-11-19(17)24)21(28)15-30-14-18-10-6-8-12-20(18)25/h5-12,16H,13-15H2,1-4H3,(H,26,29)/t16-/m1/s1. The van der Waals surface area contributed by atoms with E-state index in [4.69, 9.17) is 23.2 Å². The second-order valence-corrected chi connectivity index (χ2v) is 9.91. The zero-order chi connectivity index (χ0) is 22.3. The first-order valence-electron chi connectivity index (χ1n) is 9.74. The number of nitrogens with zero attached hydrogens (tertiary/aromatic N) is 1. The van der Waals surface area contributed by atoms with Crippen LogP contribution in [0.5, 0.6) is 0 Å². The Labute approximate surface area is 193 Å². The molecule has 1 atom stereocenters. The van der Waals surface area contributed by atoms with Gasteiger partial charge in [0.2, 0.25) is 11.8 Å². The van der Waals surface area contributed by atoms with Crippen LogP contribution in [0.1, 0.15) is 38.8 Å². The van der Waals surface area contributed by atoms with Gasteiger partial charge in [-0.25, -0.2) is 0 Å². The minimum absolute atomic E-state index is 0.122. The second-order valence-electron chi connectivity index (χ2n) is 8.11. The lowest BCUT2D eigenvalue weighted by Crippen LogP contribution is -2.52. The zero-order valence-corrected chi connectivity index (χ0v) is 20.1. The molecule has 0 saturated carbocycles. The van der Waals surface area contributed by atoms with Crippen molar-refractivity contribution in [3.63, 3.8) is 0 Å². The van der Waals surface area contributed by atoms with E-state index in [2.05, 4.69) is 5.32 Å². The van der Waals surface area contributed by atoms with Crippen molar-refractivity contribution in [3.8, 4) is 0 Å².